The molecule has 1 fully saturated rings. The molecule has 1 aromatic heterocycles. The van der Waals surface area contributed by atoms with Crippen molar-refractivity contribution in [2.24, 2.45) is 22.7 Å². The Bertz CT molecular complexity index is 947. The predicted molar refractivity (Wildman–Crippen MR) is 107 cm³/mol. The molecule has 150 valence electrons. The number of dihydropyridines is 2. The van der Waals surface area contributed by atoms with Crippen molar-refractivity contribution in [3.8, 4) is 0 Å². The summed E-state index contributed by atoms with van der Waals surface area (Å²) in [5.41, 5.74) is 3.85. The number of hydrazine groups is 1. The van der Waals surface area contributed by atoms with Gasteiger partial charge in [-0.3, -0.25) is 20.0 Å². The number of nitrogens with zero attached hydrogens (tertiary/aromatic N) is 2. The van der Waals surface area contributed by atoms with Crippen molar-refractivity contribution in [2.45, 2.75) is 25.1 Å². The maximum atomic E-state index is 12.7. The van der Waals surface area contributed by atoms with Gasteiger partial charge in [0.15, 0.2) is 6.23 Å². The quantitative estimate of drug-likeness (QED) is 0.278. The van der Waals surface area contributed by atoms with Gasteiger partial charge in [-0.2, -0.15) is 0 Å². The number of aliphatic hydroxyl groups excluding tert-OH is 1. The molecule has 3 aliphatic rings. The first-order valence-corrected chi connectivity index (χ1v) is 9.42. The van der Waals surface area contributed by atoms with Crippen molar-refractivity contribution in [1.82, 2.24) is 15.7 Å². The minimum Gasteiger partial charge on any atom is -0.377 e. The molecule has 1 aliphatic carbocycles. The van der Waals surface area contributed by atoms with Crippen LogP contribution >= 0.6 is 0 Å². The Balaban J connectivity index is 1.45. The van der Waals surface area contributed by atoms with Crippen LogP contribution in [0.25, 0.3) is 0 Å². The number of rotatable bonds is 5. The molecular weight excluding hydrogens is 372 g/mol. The summed E-state index contributed by atoms with van der Waals surface area (Å²) in [6.07, 6.45) is 10.5. The van der Waals surface area contributed by atoms with Gasteiger partial charge in [0.25, 0.3) is 11.8 Å². The number of hydrogen-bond donors (Lipinski definition) is 5. The average molecular weight is 394 g/mol. The lowest BCUT2D eigenvalue weighted by Gasteiger charge is -2.26. The lowest BCUT2D eigenvalue weighted by Crippen LogP contribution is -2.39. The number of amides is 2. The summed E-state index contributed by atoms with van der Waals surface area (Å²) < 4.78 is 0. The molecule has 0 aromatic carbocycles. The van der Waals surface area contributed by atoms with E-state index in [1.54, 1.807) is 24.4 Å². The Morgan fingerprint density at radius 1 is 1.24 bits per heavy atom. The maximum Gasteiger partial charge on any atom is 0.283 e. The number of carbonyl (C=O) groups is 2. The van der Waals surface area contributed by atoms with Crippen molar-refractivity contribution in [3.05, 3.63) is 60.0 Å². The van der Waals surface area contributed by atoms with Gasteiger partial charge < -0.3 is 15.7 Å². The molecule has 3 heterocycles. The van der Waals surface area contributed by atoms with Crippen LogP contribution in [0.2, 0.25) is 0 Å². The largest absolute Gasteiger partial charge is 0.377 e. The summed E-state index contributed by atoms with van der Waals surface area (Å²) in [7, 11) is 0. The highest BCUT2D eigenvalue weighted by Gasteiger charge is 2.32. The molecule has 2 unspecified atom stereocenters. The monoisotopic (exact) mass is 394 g/mol. The molecule has 3 atom stereocenters. The minimum absolute atomic E-state index is 0.0952. The number of nitrogens with one attached hydrogen (secondary N) is 3. The highest BCUT2D eigenvalue weighted by molar-refractivity contribution is 5.99. The number of aliphatic hydroxyl groups is 1. The van der Waals surface area contributed by atoms with Crippen LogP contribution in [0.15, 0.2) is 59.3 Å². The van der Waals surface area contributed by atoms with Gasteiger partial charge >= 0.3 is 0 Å². The highest BCUT2D eigenvalue weighted by atomic mass is 16.3. The van der Waals surface area contributed by atoms with Crippen molar-refractivity contribution >= 4 is 23.3 Å². The summed E-state index contributed by atoms with van der Waals surface area (Å²) in [6.45, 7) is 0. The normalized spacial score (nSPS) is 25.5. The molecule has 1 saturated carbocycles. The van der Waals surface area contributed by atoms with Crippen LogP contribution in [-0.4, -0.2) is 39.9 Å². The Morgan fingerprint density at radius 3 is 2.79 bits per heavy atom. The van der Waals surface area contributed by atoms with Gasteiger partial charge in [0.2, 0.25) is 0 Å². The van der Waals surface area contributed by atoms with Gasteiger partial charge in [0, 0.05) is 17.5 Å². The Morgan fingerprint density at radius 2 is 2.07 bits per heavy atom. The molecule has 9 nitrogen and oxygen atoms in total. The van der Waals surface area contributed by atoms with E-state index in [4.69, 9.17) is 5.84 Å². The standard InChI is InChI=1S/C20H22N6O3/c21-26-20(29)15-2-1-3-17(23-15)25-19(28)16-10-12(8-9-22-16)13-6-7-14(11-4-5-11)24-18(13)27/h1-3,6-11,13,16,18,22,27H,4-5,21H2,(H,26,29)(H,23,25,28)/t13?,16-,18?/m0/s1. The van der Waals surface area contributed by atoms with E-state index in [9.17, 15) is 14.7 Å². The third-order valence-corrected chi connectivity index (χ3v) is 5.01. The number of nitrogens with two attached hydrogens (primary N) is 1. The van der Waals surface area contributed by atoms with Gasteiger partial charge in [-0.15, -0.1) is 0 Å². The molecule has 6 N–H and O–H groups in total. The third-order valence-electron chi connectivity index (χ3n) is 5.01. The second-order valence-electron chi connectivity index (χ2n) is 7.14. The molecule has 4 rings (SSSR count). The van der Waals surface area contributed by atoms with Crippen LogP contribution in [0.4, 0.5) is 5.82 Å². The molecule has 2 aliphatic heterocycles. The molecule has 0 saturated heterocycles. The third kappa shape index (κ3) is 4.25. The smallest absolute Gasteiger partial charge is 0.283 e. The van der Waals surface area contributed by atoms with Crippen LogP contribution < -0.4 is 21.9 Å². The lowest BCUT2D eigenvalue weighted by molar-refractivity contribution is -0.117. The van der Waals surface area contributed by atoms with Gasteiger partial charge in [-0.25, -0.2) is 10.8 Å². The van der Waals surface area contributed by atoms with E-state index < -0.39 is 18.2 Å². The van der Waals surface area contributed by atoms with E-state index >= 15 is 0 Å². The second-order valence-corrected chi connectivity index (χ2v) is 7.14. The average Bonchev–Trinajstić information content (AvgIpc) is 3.59. The van der Waals surface area contributed by atoms with Crippen LogP contribution in [-0.2, 0) is 4.79 Å². The number of aromatic nitrogens is 1. The Hall–Kier alpha value is -3.30. The molecule has 0 spiro atoms. The first kappa shape index (κ1) is 19.0. The van der Waals surface area contributed by atoms with E-state index in [0.29, 0.717) is 5.92 Å². The van der Waals surface area contributed by atoms with Gasteiger partial charge in [-0.1, -0.05) is 12.1 Å². The van der Waals surface area contributed by atoms with E-state index in [1.807, 2.05) is 23.7 Å². The SMILES string of the molecule is NNC(=O)c1cccc(NC(=O)[C@@H]2C=C(C3C=CC(C4CC4)=NC3O)C=CN2)n1. The van der Waals surface area contributed by atoms with Crippen LogP contribution in [0.5, 0.6) is 0 Å². The number of carbonyl (C=O) groups excluding carboxylic acids is 2. The number of allylic oxidation sites excluding steroid dienone is 2. The van der Waals surface area contributed by atoms with Crippen molar-refractivity contribution < 1.29 is 14.7 Å². The summed E-state index contributed by atoms with van der Waals surface area (Å²) in [6, 6.07) is 4.01. The van der Waals surface area contributed by atoms with E-state index in [2.05, 4.69) is 20.6 Å². The summed E-state index contributed by atoms with van der Waals surface area (Å²) in [4.78, 5) is 32.7. The fraction of sp³-hybridized carbons (Fsp3) is 0.300. The van der Waals surface area contributed by atoms with E-state index in [-0.39, 0.29) is 23.3 Å². The predicted octanol–water partition coefficient (Wildman–Crippen LogP) is 0.391. The molecule has 1 aromatic rings. The number of hydrogen-bond acceptors (Lipinski definition) is 7. The summed E-state index contributed by atoms with van der Waals surface area (Å²) in [5.74, 6) is 4.62. The number of anilines is 1. The number of aliphatic imine (C=N–C) groups is 1. The lowest BCUT2D eigenvalue weighted by atomic mass is 9.90. The maximum absolute atomic E-state index is 12.7. The first-order valence-electron chi connectivity index (χ1n) is 9.42. The zero-order valence-electron chi connectivity index (χ0n) is 15.6. The first-order chi connectivity index (χ1) is 14.0. The zero-order valence-corrected chi connectivity index (χ0v) is 15.6. The zero-order chi connectivity index (χ0) is 20.4. The topological polar surface area (TPSA) is 142 Å². The number of pyridine rings is 1. The van der Waals surface area contributed by atoms with Gasteiger partial charge in [-0.05, 0) is 55.0 Å². The van der Waals surface area contributed by atoms with E-state index in [0.717, 1.165) is 24.1 Å². The fourth-order valence-corrected chi connectivity index (χ4v) is 3.31. The number of nitrogen functional groups attached to an aromatic ring is 1. The molecule has 9 heteroatoms. The molecule has 0 radical (unpaired) electrons. The van der Waals surface area contributed by atoms with E-state index in [1.165, 1.54) is 6.07 Å². The van der Waals surface area contributed by atoms with Crippen molar-refractivity contribution in [3.63, 3.8) is 0 Å². The Labute approximate surface area is 167 Å². The van der Waals surface area contributed by atoms with Crippen LogP contribution in [0.3, 0.4) is 0 Å². The van der Waals surface area contributed by atoms with Crippen molar-refractivity contribution in [1.29, 1.82) is 0 Å². The Kier molecular flexibility index (Phi) is 5.24. The van der Waals surface area contributed by atoms with Crippen molar-refractivity contribution in [2.75, 3.05) is 5.32 Å². The second kappa shape index (κ2) is 7.98. The highest BCUT2D eigenvalue weighted by Crippen LogP contribution is 2.34. The molecule has 0 bridgehead atoms. The fourth-order valence-electron chi connectivity index (χ4n) is 3.31. The van der Waals surface area contributed by atoms with Crippen LogP contribution in [0, 0.1) is 11.8 Å². The van der Waals surface area contributed by atoms with Gasteiger partial charge in [0.05, 0.1) is 0 Å². The minimum atomic E-state index is -0.860. The van der Waals surface area contributed by atoms with Crippen LogP contribution in [0.1, 0.15) is 23.3 Å². The summed E-state index contributed by atoms with van der Waals surface area (Å²) in [5, 5.41) is 16.1. The molecular formula is C20H22N6O3. The molecule has 2 amide bonds. The van der Waals surface area contributed by atoms with Gasteiger partial charge in [0.1, 0.15) is 17.6 Å². The molecule has 29 heavy (non-hydrogen) atoms. The summed E-state index contributed by atoms with van der Waals surface area (Å²) >= 11 is 0.